The average Bonchev–Trinajstić information content (AvgIpc) is 3.03. The van der Waals surface area contributed by atoms with Crippen LogP contribution in [0.25, 0.3) is 0 Å². The summed E-state index contributed by atoms with van der Waals surface area (Å²) in [6.07, 6.45) is -0.0779. The Balaban J connectivity index is 1.82. The van der Waals surface area contributed by atoms with E-state index in [0.29, 0.717) is 16.9 Å². The van der Waals surface area contributed by atoms with Crippen molar-refractivity contribution in [2.24, 2.45) is 4.99 Å². The van der Waals surface area contributed by atoms with Crippen molar-refractivity contribution < 1.29 is 27.5 Å². The van der Waals surface area contributed by atoms with Gasteiger partial charge >= 0.3 is 5.97 Å². The van der Waals surface area contributed by atoms with Crippen LogP contribution in [0.1, 0.15) is 37.4 Å². The van der Waals surface area contributed by atoms with E-state index in [9.17, 15) is 18.0 Å². The Morgan fingerprint density at radius 3 is 2.62 bits per heavy atom. The van der Waals surface area contributed by atoms with Gasteiger partial charge in [-0.15, -0.1) is 0 Å². The van der Waals surface area contributed by atoms with Gasteiger partial charge in [0.25, 0.3) is 10.0 Å². The van der Waals surface area contributed by atoms with Gasteiger partial charge in [0.15, 0.2) is 0 Å². The Bertz CT molecular complexity index is 1150. The first-order valence-corrected chi connectivity index (χ1v) is 11.5. The quantitative estimate of drug-likeness (QED) is 0.582. The lowest BCUT2D eigenvalue weighted by molar-refractivity contribution is -0.143. The molecule has 1 aliphatic heterocycles. The zero-order valence-electron chi connectivity index (χ0n) is 18.0. The Morgan fingerprint density at radius 1 is 1.16 bits per heavy atom. The van der Waals surface area contributed by atoms with Crippen molar-refractivity contribution in [1.29, 1.82) is 0 Å². The molecule has 3 rings (SSSR count). The molecule has 9 nitrogen and oxygen atoms in total. The van der Waals surface area contributed by atoms with Crippen LogP contribution in [0.2, 0.25) is 0 Å². The molecule has 32 heavy (non-hydrogen) atoms. The number of nitrogens with zero attached hydrogens (tertiary/aromatic N) is 1. The number of sulfonamides is 1. The molecule has 0 fully saturated rings. The molecule has 0 spiro atoms. The van der Waals surface area contributed by atoms with Gasteiger partial charge in [0.2, 0.25) is 5.91 Å². The number of hydrogen-bond acceptors (Lipinski definition) is 7. The third kappa shape index (κ3) is 5.25. The van der Waals surface area contributed by atoms with E-state index in [0.717, 1.165) is 0 Å². The van der Waals surface area contributed by atoms with Crippen molar-refractivity contribution in [3.8, 4) is 5.75 Å². The van der Waals surface area contributed by atoms with Crippen LogP contribution < -0.4 is 14.8 Å². The van der Waals surface area contributed by atoms with Gasteiger partial charge in [0.05, 0.1) is 31.1 Å². The lowest BCUT2D eigenvalue weighted by Gasteiger charge is -2.20. The summed E-state index contributed by atoms with van der Waals surface area (Å²) in [6, 6.07) is 11.8. The Morgan fingerprint density at radius 2 is 1.91 bits per heavy atom. The number of nitrogens with one attached hydrogen (secondary N) is 2. The molecule has 10 heteroatoms. The summed E-state index contributed by atoms with van der Waals surface area (Å²) in [5.41, 5.74) is 1.07. The highest BCUT2D eigenvalue weighted by molar-refractivity contribution is 7.90. The highest BCUT2D eigenvalue weighted by atomic mass is 32.2. The number of hydrogen-bond donors (Lipinski definition) is 2. The average molecular weight is 460 g/mol. The van der Waals surface area contributed by atoms with Gasteiger partial charge in [-0.25, -0.2) is 8.42 Å². The first-order valence-electron chi connectivity index (χ1n) is 10.0. The van der Waals surface area contributed by atoms with Crippen molar-refractivity contribution in [1.82, 2.24) is 10.0 Å². The van der Waals surface area contributed by atoms with Crippen LogP contribution in [0.5, 0.6) is 5.75 Å². The Labute approximate surface area is 186 Å². The van der Waals surface area contributed by atoms with Gasteiger partial charge in [-0.1, -0.05) is 24.3 Å². The minimum Gasteiger partial charge on any atom is -0.497 e. The molecular formula is C22H25N3O6S. The van der Waals surface area contributed by atoms with Crippen LogP contribution in [0.3, 0.4) is 0 Å². The fourth-order valence-electron chi connectivity index (χ4n) is 3.27. The fraction of sp³-hybridized carbons (Fsp3) is 0.318. The van der Waals surface area contributed by atoms with E-state index < -0.39 is 34.0 Å². The molecule has 0 aromatic heterocycles. The minimum absolute atomic E-state index is 0.0779. The first kappa shape index (κ1) is 23.3. The number of rotatable bonds is 8. The second-order valence-corrected chi connectivity index (χ2v) is 8.75. The van der Waals surface area contributed by atoms with Crippen LogP contribution in [-0.4, -0.2) is 45.9 Å². The van der Waals surface area contributed by atoms with E-state index in [1.54, 1.807) is 56.3 Å². The van der Waals surface area contributed by atoms with E-state index in [-0.39, 0.29) is 23.8 Å². The minimum atomic E-state index is -3.71. The number of fused-ring (bicyclic) bond motifs is 1. The van der Waals surface area contributed by atoms with E-state index in [2.05, 4.69) is 15.0 Å². The molecule has 0 radical (unpaired) electrons. The van der Waals surface area contributed by atoms with Gasteiger partial charge < -0.3 is 14.8 Å². The number of aliphatic imine (C=N–C) groups is 1. The predicted molar refractivity (Wildman–Crippen MR) is 118 cm³/mol. The van der Waals surface area contributed by atoms with Gasteiger partial charge in [-0.3, -0.25) is 19.3 Å². The maximum absolute atomic E-state index is 12.9. The van der Waals surface area contributed by atoms with Crippen LogP contribution in [0.4, 0.5) is 0 Å². The molecule has 0 aliphatic carbocycles. The van der Waals surface area contributed by atoms with Crippen molar-refractivity contribution in [3.63, 3.8) is 0 Å². The summed E-state index contributed by atoms with van der Waals surface area (Å²) in [5, 5.41) is 2.81. The van der Waals surface area contributed by atoms with Crippen molar-refractivity contribution in [3.05, 3.63) is 59.7 Å². The van der Waals surface area contributed by atoms with Crippen molar-refractivity contribution in [2.45, 2.75) is 37.2 Å². The summed E-state index contributed by atoms with van der Waals surface area (Å²) in [5.74, 6) is -0.252. The lowest BCUT2D eigenvalue weighted by atomic mass is 10.0. The molecule has 1 heterocycles. The smallest absolute Gasteiger partial charge is 0.308 e. The molecule has 2 N–H and O–H groups in total. The van der Waals surface area contributed by atoms with Gasteiger partial charge in [-0.2, -0.15) is 0 Å². The van der Waals surface area contributed by atoms with Crippen molar-refractivity contribution in [2.75, 3.05) is 13.7 Å². The number of ether oxygens (including phenoxy) is 2. The monoisotopic (exact) mass is 459 g/mol. The second-order valence-electron chi connectivity index (χ2n) is 7.10. The van der Waals surface area contributed by atoms with Crippen LogP contribution in [0.15, 0.2) is 58.4 Å². The zero-order valence-corrected chi connectivity index (χ0v) is 18.8. The maximum atomic E-state index is 12.9. The molecule has 1 amide bonds. The van der Waals surface area contributed by atoms with Gasteiger partial charge in [-0.05, 0) is 43.7 Å². The molecule has 0 saturated carbocycles. The standard InChI is InChI=1S/C22H25N3O6S/c1-4-31-20(26)13-18(15-8-7-9-16(12-15)30-3)24-22(27)14(2)23-21-17-10-5-6-11-19(17)32(28,29)25-21/h5-12,14,18H,4,13H2,1-3H3,(H,23,25)(H,24,27)/t14-,18?/m0/s1. The van der Waals surface area contributed by atoms with E-state index in [1.165, 1.54) is 13.2 Å². The number of methoxy groups -OCH3 is 1. The highest BCUT2D eigenvalue weighted by Crippen LogP contribution is 2.24. The number of carbonyl (C=O) groups is 2. The molecule has 2 aromatic rings. The molecular weight excluding hydrogens is 434 g/mol. The van der Waals surface area contributed by atoms with E-state index in [1.807, 2.05) is 0 Å². The normalized spacial score (nSPS) is 17.0. The number of esters is 1. The maximum Gasteiger partial charge on any atom is 0.308 e. The molecule has 2 atom stereocenters. The number of amidine groups is 1. The van der Waals surface area contributed by atoms with E-state index >= 15 is 0 Å². The summed E-state index contributed by atoms with van der Waals surface area (Å²) in [7, 11) is -2.19. The van der Waals surface area contributed by atoms with Crippen LogP contribution >= 0.6 is 0 Å². The first-order chi connectivity index (χ1) is 15.2. The second kappa shape index (κ2) is 9.82. The van der Waals surface area contributed by atoms with Crippen LogP contribution in [-0.2, 0) is 24.3 Å². The molecule has 2 aromatic carbocycles. The molecule has 170 valence electrons. The Hall–Kier alpha value is -3.40. The summed E-state index contributed by atoms with van der Waals surface area (Å²) < 4.78 is 37.2. The number of carbonyl (C=O) groups excluding carboxylic acids is 2. The fourth-order valence-corrected chi connectivity index (χ4v) is 4.51. The lowest BCUT2D eigenvalue weighted by Crippen LogP contribution is -2.37. The topological polar surface area (TPSA) is 123 Å². The largest absolute Gasteiger partial charge is 0.497 e. The molecule has 0 bridgehead atoms. The zero-order chi connectivity index (χ0) is 23.3. The Kier molecular flexibility index (Phi) is 7.14. The van der Waals surface area contributed by atoms with Crippen molar-refractivity contribution >= 4 is 27.7 Å². The highest BCUT2D eigenvalue weighted by Gasteiger charge is 2.31. The molecule has 1 unspecified atom stereocenters. The number of amides is 1. The number of benzene rings is 2. The molecule has 0 saturated heterocycles. The van der Waals surface area contributed by atoms with Gasteiger partial charge in [0, 0.05) is 5.56 Å². The van der Waals surface area contributed by atoms with E-state index in [4.69, 9.17) is 9.47 Å². The summed E-state index contributed by atoms with van der Waals surface area (Å²) in [6.45, 7) is 3.47. The van der Waals surface area contributed by atoms with Gasteiger partial charge in [0.1, 0.15) is 17.6 Å². The summed E-state index contributed by atoms with van der Waals surface area (Å²) >= 11 is 0. The third-order valence-corrected chi connectivity index (χ3v) is 6.25. The molecule has 1 aliphatic rings. The third-order valence-electron chi connectivity index (χ3n) is 4.85. The predicted octanol–water partition coefficient (Wildman–Crippen LogP) is 1.93. The summed E-state index contributed by atoms with van der Waals surface area (Å²) in [4.78, 5) is 29.4. The SMILES string of the molecule is CCOC(=O)CC(NC(=O)[C@H](C)N=C1NS(=O)(=O)c2ccccc21)c1cccc(OC)c1. The van der Waals surface area contributed by atoms with Crippen LogP contribution in [0, 0.1) is 0 Å².